The minimum absolute atomic E-state index is 0.276. The first-order chi connectivity index (χ1) is 15.4. The lowest BCUT2D eigenvalue weighted by Crippen LogP contribution is -2.41. The standard InChI is InChI=1S/C26H24N2O4/c1-17-9-11-18(12-10-17)22-26(2)23(32-28(22)20-7-5-4-6-8-20)24(29)27(25(26)30)19-13-15-21(31-3)16-14-19/h4-16,22-23H,1-3H3. The number of nitrogens with zero attached hydrogens (tertiary/aromatic N) is 2. The van der Waals surface area contributed by atoms with Gasteiger partial charge in [-0.25, -0.2) is 9.96 Å². The van der Waals surface area contributed by atoms with Gasteiger partial charge in [-0.3, -0.25) is 14.4 Å². The summed E-state index contributed by atoms with van der Waals surface area (Å²) >= 11 is 0. The van der Waals surface area contributed by atoms with Gasteiger partial charge in [0.1, 0.15) is 11.2 Å². The third-order valence-corrected chi connectivity index (χ3v) is 6.41. The van der Waals surface area contributed by atoms with Crippen LogP contribution in [0.4, 0.5) is 11.4 Å². The van der Waals surface area contributed by atoms with Crippen LogP contribution in [0.1, 0.15) is 24.1 Å². The van der Waals surface area contributed by atoms with E-state index in [2.05, 4.69) is 0 Å². The Morgan fingerprint density at radius 1 is 0.875 bits per heavy atom. The van der Waals surface area contributed by atoms with Crippen molar-refractivity contribution in [1.29, 1.82) is 0 Å². The molecule has 2 saturated heterocycles. The van der Waals surface area contributed by atoms with E-state index in [-0.39, 0.29) is 11.8 Å². The maximum Gasteiger partial charge on any atom is 0.266 e. The van der Waals surface area contributed by atoms with Gasteiger partial charge in [0, 0.05) is 0 Å². The molecule has 0 aliphatic carbocycles. The molecule has 32 heavy (non-hydrogen) atoms. The molecule has 0 spiro atoms. The number of fused-ring (bicyclic) bond motifs is 1. The van der Waals surface area contributed by atoms with Crippen LogP contribution >= 0.6 is 0 Å². The highest BCUT2D eigenvalue weighted by atomic mass is 16.7. The van der Waals surface area contributed by atoms with Gasteiger partial charge in [0.2, 0.25) is 5.91 Å². The highest BCUT2D eigenvalue weighted by Gasteiger charge is 2.68. The summed E-state index contributed by atoms with van der Waals surface area (Å²) in [6.07, 6.45) is -0.927. The number of methoxy groups -OCH3 is 1. The summed E-state index contributed by atoms with van der Waals surface area (Å²) in [5.41, 5.74) is 2.25. The Morgan fingerprint density at radius 3 is 2.16 bits per heavy atom. The summed E-state index contributed by atoms with van der Waals surface area (Å²) in [7, 11) is 1.57. The van der Waals surface area contributed by atoms with E-state index in [0.717, 1.165) is 16.8 Å². The van der Waals surface area contributed by atoms with Gasteiger partial charge in [-0.05, 0) is 55.8 Å². The van der Waals surface area contributed by atoms with E-state index < -0.39 is 17.6 Å². The number of imide groups is 1. The molecule has 0 bridgehead atoms. The zero-order valence-corrected chi connectivity index (χ0v) is 18.2. The second-order valence-electron chi connectivity index (χ2n) is 8.42. The molecule has 162 valence electrons. The molecule has 3 unspecified atom stereocenters. The Bertz CT molecular complexity index is 1160. The summed E-state index contributed by atoms with van der Waals surface area (Å²) in [4.78, 5) is 34.8. The Kier molecular flexibility index (Phi) is 4.75. The van der Waals surface area contributed by atoms with Crippen molar-refractivity contribution in [2.75, 3.05) is 17.1 Å². The van der Waals surface area contributed by atoms with Crippen LogP contribution in [0.3, 0.4) is 0 Å². The molecule has 2 fully saturated rings. The van der Waals surface area contributed by atoms with Gasteiger partial charge in [-0.15, -0.1) is 0 Å². The number of para-hydroxylation sites is 1. The molecular weight excluding hydrogens is 404 g/mol. The number of benzene rings is 3. The van der Waals surface area contributed by atoms with Gasteiger partial charge in [-0.1, -0.05) is 48.0 Å². The lowest BCUT2D eigenvalue weighted by atomic mass is 9.76. The van der Waals surface area contributed by atoms with E-state index in [0.29, 0.717) is 11.4 Å². The van der Waals surface area contributed by atoms with Gasteiger partial charge in [0.05, 0.1) is 24.5 Å². The van der Waals surface area contributed by atoms with Crippen molar-refractivity contribution in [2.45, 2.75) is 26.0 Å². The highest BCUT2D eigenvalue weighted by Crippen LogP contribution is 2.55. The zero-order chi connectivity index (χ0) is 22.5. The number of amides is 2. The highest BCUT2D eigenvalue weighted by molar-refractivity contribution is 6.25. The van der Waals surface area contributed by atoms with Crippen LogP contribution in [-0.4, -0.2) is 25.0 Å². The number of hydroxylamine groups is 1. The Hall–Kier alpha value is -3.64. The first kappa shape index (κ1) is 20.3. The van der Waals surface area contributed by atoms with E-state index in [1.807, 2.05) is 68.4 Å². The van der Waals surface area contributed by atoms with Crippen LogP contribution < -0.4 is 14.7 Å². The molecule has 0 saturated carbocycles. The molecule has 2 heterocycles. The van der Waals surface area contributed by atoms with Crippen molar-refractivity contribution in [3.8, 4) is 5.75 Å². The molecule has 6 nitrogen and oxygen atoms in total. The van der Waals surface area contributed by atoms with E-state index in [4.69, 9.17) is 9.57 Å². The summed E-state index contributed by atoms with van der Waals surface area (Å²) < 4.78 is 5.21. The normalized spacial score (nSPS) is 24.7. The van der Waals surface area contributed by atoms with Crippen LogP contribution in [-0.2, 0) is 14.4 Å². The molecule has 3 aromatic rings. The van der Waals surface area contributed by atoms with Gasteiger partial charge < -0.3 is 4.74 Å². The fourth-order valence-corrected chi connectivity index (χ4v) is 4.65. The smallest absolute Gasteiger partial charge is 0.266 e. The van der Waals surface area contributed by atoms with E-state index in [9.17, 15) is 9.59 Å². The summed E-state index contributed by atoms with van der Waals surface area (Å²) in [6.45, 7) is 3.85. The average Bonchev–Trinajstić information content (AvgIpc) is 3.23. The predicted molar refractivity (Wildman–Crippen MR) is 121 cm³/mol. The van der Waals surface area contributed by atoms with Crippen LogP contribution in [0.25, 0.3) is 0 Å². The van der Waals surface area contributed by atoms with Crippen molar-refractivity contribution in [3.05, 3.63) is 90.0 Å². The first-order valence-electron chi connectivity index (χ1n) is 10.5. The number of anilines is 2. The SMILES string of the molecule is COc1ccc(N2C(=O)C3ON(c4ccccc4)C(c4ccc(C)cc4)C3(C)C2=O)cc1. The largest absolute Gasteiger partial charge is 0.497 e. The lowest BCUT2D eigenvalue weighted by molar-refractivity contribution is -0.128. The van der Waals surface area contributed by atoms with Gasteiger partial charge in [0.25, 0.3) is 5.91 Å². The van der Waals surface area contributed by atoms with Crippen molar-refractivity contribution >= 4 is 23.2 Å². The molecule has 6 heteroatoms. The Balaban J connectivity index is 1.61. The minimum Gasteiger partial charge on any atom is -0.497 e. The molecule has 2 aliphatic heterocycles. The third-order valence-electron chi connectivity index (χ3n) is 6.41. The Labute approximate surface area is 186 Å². The van der Waals surface area contributed by atoms with Gasteiger partial charge in [0.15, 0.2) is 6.10 Å². The number of hydrogen-bond donors (Lipinski definition) is 0. The van der Waals surface area contributed by atoms with Gasteiger partial charge in [-0.2, -0.15) is 0 Å². The fourth-order valence-electron chi connectivity index (χ4n) is 4.65. The van der Waals surface area contributed by atoms with E-state index in [1.165, 1.54) is 4.90 Å². The molecule has 3 atom stereocenters. The molecule has 0 aromatic heterocycles. The van der Waals surface area contributed by atoms with Crippen molar-refractivity contribution in [1.82, 2.24) is 0 Å². The maximum atomic E-state index is 13.9. The van der Waals surface area contributed by atoms with Crippen molar-refractivity contribution in [3.63, 3.8) is 0 Å². The summed E-state index contributed by atoms with van der Waals surface area (Å²) in [5.74, 6) is 0.0168. The van der Waals surface area contributed by atoms with Crippen LogP contribution in [0.5, 0.6) is 5.75 Å². The number of carbonyl (C=O) groups excluding carboxylic acids is 2. The number of hydrogen-bond acceptors (Lipinski definition) is 5. The quantitative estimate of drug-likeness (QED) is 0.575. The molecule has 2 aliphatic rings. The van der Waals surface area contributed by atoms with E-state index in [1.54, 1.807) is 36.4 Å². The third kappa shape index (κ3) is 2.91. The van der Waals surface area contributed by atoms with Gasteiger partial charge >= 0.3 is 0 Å². The maximum absolute atomic E-state index is 13.9. The van der Waals surface area contributed by atoms with Crippen LogP contribution in [0.15, 0.2) is 78.9 Å². The number of rotatable bonds is 4. The molecule has 5 rings (SSSR count). The topological polar surface area (TPSA) is 59.1 Å². The molecule has 2 amide bonds. The zero-order valence-electron chi connectivity index (χ0n) is 18.2. The monoisotopic (exact) mass is 428 g/mol. The second kappa shape index (κ2) is 7.50. The molecule has 3 aromatic carbocycles. The second-order valence-corrected chi connectivity index (χ2v) is 8.42. The van der Waals surface area contributed by atoms with Crippen LogP contribution in [0, 0.1) is 12.3 Å². The number of carbonyl (C=O) groups is 2. The summed E-state index contributed by atoms with van der Waals surface area (Å²) in [5, 5.41) is 1.72. The number of aryl methyl sites for hydroxylation is 1. The van der Waals surface area contributed by atoms with Crippen molar-refractivity contribution in [2.24, 2.45) is 5.41 Å². The predicted octanol–water partition coefficient (Wildman–Crippen LogP) is 4.44. The molecule has 0 radical (unpaired) electrons. The summed E-state index contributed by atoms with van der Waals surface area (Å²) in [6, 6.07) is 24.1. The average molecular weight is 428 g/mol. The number of ether oxygens (including phenoxy) is 1. The Morgan fingerprint density at radius 2 is 1.53 bits per heavy atom. The first-order valence-corrected chi connectivity index (χ1v) is 10.5. The van der Waals surface area contributed by atoms with E-state index >= 15 is 0 Å². The lowest BCUT2D eigenvalue weighted by Gasteiger charge is -2.32. The molecule has 0 N–H and O–H groups in total. The van der Waals surface area contributed by atoms with Crippen molar-refractivity contribution < 1.29 is 19.2 Å². The minimum atomic E-state index is -1.10. The fraction of sp³-hybridized carbons (Fsp3) is 0.231. The van der Waals surface area contributed by atoms with Crippen LogP contribution in [0.2, 0.25) is 0 Å². The molecular formula is C26H24N2O4.